The smallest absolute Gasteiger partial charge is 0.305 e. The molecule has 228 valence electrons. The number of hydrogen-bond acceptors (Lipinski definition) is 9. The van der Waals surface area contributed by atoms with Gasteiger partial charge in [0, 0.05) is 21.0 Å². The Labute approximate surface area is 249 Å². The second-order valence-electron chi connectivity index (χ2n) is 12.0. The van der Waals surface area contributed by atoms with E-state index >= 15 is 0 Å². The van der Waals surface area contributed by atoms with Gasteiger partial charge in [0.2, 0.25) is 0 Å². The highest BCUT2D eigenvalue weighted by Gasteiger charge is 2.60. The first kappa shape index (κ1) is 32.1. The van der Waals surface area contributed by atoms with Crippen LogP contribution < -0.4 is 10.4 Å². The Bertz CT molecular complexity index is 1190. The van der Waals surface area contributed by atoms with Gasteiger partial charge in [-0.1, -0.05) is 87.5 Å². The molecule has 0 aliphatic carbocycles. The van der Waals surface area contributed by atoms with Crippen molar-refractivity contribution in [1.29, 1.82) is 0 Å². The number of esters is 2. The fourth-order valence-corrected chi connectivity index (χ4v) is 10.4. The molecule has 9 nitrogen and oxygen atoms in total. The fourth-order valence-electron chi connectivity index (χ4n) is 5.79. The first-order valence-corrected chi connectivity index (χ1v) is 16.0. The monoisotopic (exact) mass is 598 g/mol. The Morgan fingerprint density at radius 1 is 0.857 bits per heavy atom. The molecule has 0 aromatic heterocycles. The van der Waals surface area contributed by atoms with Crippen LogP contribution in [0.25, 0.3) is 0 Å². The van der Waals surface area contributed by atoms with E-state index in [0.717, 1.165) is 10.4 Å². The Morgan fingerprint density at radius 2 is 1.36 bits per heavy atom. The topological polar surface area (TPSA) is 98.8 Å². The van der Waals surface area contributed by atoms with E-state index in [9.17, 15) is 9.59 Å². The molecule has 0 saturated carbocycles. The van der Waals surface area contributed by atoms with Crippen LogP contribution in [-0.4, -0.2) is 70.1 Å². The van der Waals surface area contributed by atoms with Crippen molar-refractivity contribution in [3.05, 3.63) is 72.8 Å². The number of hydrogen-bond donors (Lipinski definition) is 0. The summed E-state index contributed by atoms with van der Waals surface area (Å²) < 4.78 is 42.6. The minimum absolute atomic E-state index is 0.349. The normalized spacial score (nSPS) is 24.5. The molecule has 2 saturated heterocycles. The van der Waals surface area contributed by atoms with Gasteiger partial charge >= 0.3 is 11.9 Å². The van der Waals surface area contributed by atoms with Crippen LogP contribution in [0.2, 0.25) is 5.04 Å². The molecule has 42 heavy (non-hydrogen) atoms. The molecular weight excluding hydrogens is 556 g/mol. The summed E-state index contributed by atoms with van der Waals surface area (Å²) in [6.45, 7) is 12.7. The molecule has 2 fully saturated rings. The second kappa shape index (κ2) is 12.8. The Balaban J connectivity index is 1.87. The molecule has 10 heteroatoms. The number of carbonyl (C=O) groups excluding carboxylic acids is 2. The molecule has 2 aromatic rings. The largest absolute Gasteiger partial charge is 0.421 e. The van der Waals surface area contributed by atoms with Gasteiger partial charge in [-0.05, 0) is 35.3 Å². The number of ether oxygens (including phenoxy) is 6. The standard InChI is InChI=1S/C32H42O9Si/c1-21(33)36-26(37-22(2)34)20-19-25(27-28-29(30(35-8)38-27)40-32(6,7)39-28)41-42(31(3,4)5,23-15-11-9-12-16-23)24-17-13-10-14-18-24/h9-20,25-30H,1-8H3/b20-19+/t25-,27-,28-,29-,30-/m1/s1. The number of rotatable bonds is 10. The van der Waals surface area contributed by atoms with Crippen molar-refractivity contribution in [2.75, 3.05) is 7.11 Å². The fraction of sp³-hybridized carbons (Fsp3) is 0.500. The van der Waals surface area contributed by atoms with Crippen LogP contribution in [0.15, 0.2) is 72.8 Å². The third-order valence-corrected chi connectivity index (χ3v) is 12.4. The lowest BCUT2D eigenvalue weighted by Gasteiger charge is -2.46. The minimum Gasteiger partial charge on any atom is -0.421 e. The molecule has 2 aliphatic heterocycles. The van der Waals surface area contributed by atoms with Crippen molar-refractivity contribution in [1.82, 2.24) is 0 Å². The molecule has 2 aromatic carbocycles. The summed E-state index contributed by atoms with van der Waals surface area (Å²) in [7, 11) is -1.55. The van der Waals surface area contributed by atoms with Crippen LogP contribution in [0.1, 0.15) is 48.5 Å². The van der Waals surface area contributed by atoms with Gasteiger partial charge in [-0.15, -0.1) is 0 Å². The van der Waals surface area contributed by atoms with E-state index in [4.69, 9.17) is 32.8 Å². The van der Waals surface area contributed by atoms with E-state index in [0.29, 0.717) is 0 Å². The van der Waals surface area contributed by atoms with E-state index in [1.165, 1.54) is 19.9 Å². The van der Waals surface area contributed by atoms with Crippen molar-refractivity contribution >= 4 is 30.6 Å². The maximum absolute atomic E-state index is 11.8. The number of carbonyl (C=O) groups is 2. The van der Waals surface area contributed by atoms with Gasteiger partial charge < -0.3 is 32.8 Å². The summed E-state index contributed by atoms with van der Waals surface area (Å²) in [5.41, 5.74) is 0. The maximum Gasteiger partial charge on any atom is 0.305 e. The van der Waals surface area contributed by atoms with Gasteiger partial charge in [-0.2, -0.15) is 0 Å². The highest BCUT2D eigenvalue weighted by molar-refractivity contribution is 6.99. The Kier molecular flexibility index (Phi) is 9.76. The summed E-state index contributed by atoms with van der Waals surface area (Å²) in [6, 6.07) is 20.4. The van der Waals surface area contributed by atoms with E-state index in [-0.39, 0.29) is 5.04 Å². The van der Waals surface area contributed by atoms with Crippen LogP contribution in [0.4, 0.5) is 0 Å². The number of benzene rings is 2. The van der Waals surface area contributed by atoms with E-state index in [2.05, 4.69) is 45.0 Å². The first-order valence-electron chi connectivity index (χ1n) is 14.1. The molecule has 0 bridgehead atoms. The minimum atomic E-state index is -3.11. The average Bonchev–Trinajstić information content (AvgIpc) is 3.41. The van der Waals surface area contributed by atoms with E-state index < -0.39 is 63.0 Å². The number of methoxy groups -OCH3 is 1. The zero-order valence-electron chi connectivity index (χ0n) is 25.6. The molecule has 0 N–H and O–H groups in total. The highest BCUT2D eigenvalue weighted by Crippen LogP contribution is 2.43. The highest BCUT2D eigenvalue weighted by atomic mass is 28.4. The summed E-state index contributed by atoms with van der Waals surface area (Å²) in [6.07, 6.45) is -1.17. The van der Waals surface area contributed by atoms with Gasteiger partial charge in [0.1, 0.15) is 18.3 Å². The van der Waals surface area contributed by atoms with E-state index in [1.54, 1.807) is 13.2 Å². The summed E-state index contributed by atoms with van der Waals surface area (Å²) in [4.78, 5) is 23.6. The average molecular weight is 599 g/mol. The molecule has 0 unspecified atom stereocenters. The predicted octanol–water partition coefficient (Wildman–Crippen LogP) is 3.83. The molecular formula is C32H42O9Si. The SMILES string of the molecule is CO[C@@H]1O[C@H]([C@@H](/C=C/C(OC(C)=O)OC(C)=O)O[Si](c2ccccc2)(c2ccccc2)C(C)(C)C)[C@H]2OC(C)(C)O[C@@H]12. The Hall–Kier alpha value is -2.86. The zero-order valence-corrected chi connectivity index (χ0v) is 26.6. The van der Waals surface area contributed by atoms with Crippen LogP contribution in [-0.2, 0) is 42.4 Å². The lowest BCUT2D eigenvalue weighted by Crippen LogP contribution is -2.68. The Morgan fingerprint density at radius 3 is 1.81 bits per heavy atom. The van der Waals surface area contributed by atoms with Crippen LogP contribution >= 0.6 is 0 Å². The third-order valence-electron chi connectivity index (χ3n) is 7.35. The van der Waals surface area contributed by atoms with Gasteiger partial charge in [-0.3, -0.25) is 9.59 Å². The molecule has 2 heterocycles. The maximum atomic E-state index is 11.8. The first-order chi connectivity index (χ1) is 19.8. The van der Waals surface area contributed by atoms with Crippen molar-refractivity contribution in [3.8, 4) is 0 Å². The van der Waals surface area contributed by atoms with Gasteiger partial charge in [0.05, 0.1) is 6.10 Å². The van der Waals surface area contributed by atoms with Crippen molar-refractivity contribution in [2.45, 2.75) is 96.3 Å². The van der Waals surface area contributed by atoms with Gasteiger partial charge in [-0.25, -0.2) is 0 Å². The molecule has 4 rings (SSSR count). The lowest BCUT2D eigenvalue weighted by molar-refractivity contribution is -0.233. The lowest BCUT2D eigenvalue weighted by atomic mass is 10.1. The van der Waals surface area contributed by atoms with Crippen molar-refractivity contribution < 1.29 is 42.4 Å². The van der Waals surface area contributed by atoms with Crippen LogP contribution in [0.3, 0.4) is 0 Å². The van der Waals surface area contributed by atoms with Gasteiger partial charge in [0.15, 0.2) is 12.1 Å². The molecule has 2 aliphatic rings. The summed E-state index contributed by atoms with van der Waals surface area (Å²) in [5.74, 6) is -2.06. The number of fused-ring (bicyclic) bond motifs is 1. The molecule has 0 spiro atoms. The molecule has 0 radical (unpaired) electrons. The van der Waals surface area contributed by atoms with Crippen LogP contribution in [0, 0.1) is 0 Å². The predicted molar refractivity (Wildman–Crippen MR) is 158 cm³/mol. The van der Waals surface area contributed by atoms with Crippen molar-refractivity contribution in [2.24, 2.45) is 0 Å². The van der Waals surface area contributed by atoms with Crippen LogP contribution in [0.5, 0.6) is 0 Å². The van der Waals surface area contributed by atoms with Crippen molar-refractivity contribution in [3.63, 3.8) is 0 Å². The summed E-state index contributed by atoms with van der Waals surface area (Å²) in [5, 5.41) is 1.79. The second-order valence-corrected chi connectivity index (χ2v) is 16.2. The quantitative estimate of drug-likeness (QED) is 0.175. The molecule has 5 atom stereocenters. The van der Waals surface area contributed by atoms with Gasteiger partial charge in [0.25, 0.3) is 14.6 Å². The summed E-state index contributed by atoms with van der Waals surface area (Å²) >= 11 is 0. The third kappa shape index (κ3) is 6.85. The zero-order chi connectivity index (χ0) is 30.7. The molecule has 0 amide bonds. The van der Waals surface area contributed by atoms with E-state index in [1.807, 2.05) is 50.2 Å².